The molecule has 2 aliphatic rings. The predicted octanol–water partition coefficient (Wildman–Crippen LogP) is 1.96. The van der Waals surface area contributed by atoms with E-state index in [1.54, 1.807) is 23.1 Å². The van der Waals surface area contributed by atoms with Crippen molar-refractivity contribution in [2.45, 2.75) is 44.6 Å². The maximum absolute atomic E-state index is 13.7. The molecule has 2 fully saturated rings. The van der Waals surface area contributed by atoms with E-state index in [2.05, 4.69) is 10.2 Å². The van der Waals surface area contributed by atoms with Crippen LogP contribution in [0.2, 0.25) is 0 Å². The number of nitrogens with one attached hydrogen (secondary N) is 1. The summed E-state index contributed by atoms with van der Waals surface area (Å²) in [5.41, 5.74) is 0.437. The van der Waals surface area contributed by atoms with Gasteiger partial charge in [0.15, 0.2) is 0 Å². The summed E-state index contributed by atoms with van der Waals surface area (Å²) in [6, 6.07) is 6.74. The van der Waals surface area contributed by atoms with Crippen molar-refractivity contribution in [2.75, 3.05) is 32.7 Å². The molecule has 0 radical (unpaired) electrons. The molecule has 1 aromatic rings. The third-order valence-corrected chi connectivity index (χ3v) is 5.36. The van der Waals surface area contributed by atoms with Crippen LogP contribution >= 0.6 is 0 Å². The Hall–Kier alpha value is -1.95. The Morgan fingerprint density at radius 1 is 1.04 bits per heavy atom. The van der Waals surface area contributed by atoms with Crippen LogP contribution < -0.4 is 5.32 Å². The maximum atomic E-state index is 13.7. The number of rotatable bonds is 5. The summed E-state index contributed by atoms with van der Waals surface area (Å²) in [6.45, 7) is 2.93. The molecule has 6 heteroatoms. The molecule has 1 aliphatic carbocycles. The highest BCUT2D eigenvalue weighted by Crippen LogP contribution is 2.17. The monoisotopic (exact) mass is 361 g/mol. The molecule has 0 atom stereocenters. The molecular formula is C20H28FN3O2. The quantitative estimate of drug-likeness (QED) is 0.872. The minimum absolute atomic E-state index is 0.0543. The second kappa shape index (κ2) is 9.12. The number of carbonyl (C=O) groups excluding carboxylic acids is 2. The summed E-state index contributed by atoms with van der Waals surface area (Å²) < 4.78 is 13.7. The van der Waals surface area contributed by atoms with E-state index >= 15 is 0 Å². The number of hydrogen-bond donors (Lipinski definition) is 1. The van der Waals surface area contributed by atoms with Gasteiger partial charge in [0.2, 0.25) is 11.8 Å². The molecule has 1 saturated carbocycles. The van der Waals surface area contributed by atoms with Gasteiger partial charge in [0, 0.05) is 32.2 Å². The van der Waals surface area contributed by atoms with Crippen LogP contribution in [-0.2, 0) is 16.0 Å². The van der Waals surface area contributed by atoms with Gasteiger partial charge in [-0.15, -0.1) is 0 Å². The Bertz CT molecular complexity index is 623. The fourth-order valence-corrected chi connectivity index (χ4v) is 3.80. The number of piperazine rings is 1. The molecule has 3 rings (SSSR count). The van der Waals surface area contributed by atoms with Crippen LogP contribution in [0.3, 0.4) is 0 Å². The van der Waals surface area contributed by atoms with Crippen molar-refractivity contribution in [3.63, 3.8) is 0 Å². The third-order valence-electron chi connectivity index (χ3n) is 5.36. The lowest BCUT2D eigenvalue weighted by molar-refractivity contribution is -0.132. The molecule has 1 aliphatic heterocycles. The van der Waals surface area contributed by atoms with Gasteiger partial charge >= 0.3 is 0 Å². The first kappa shape index (κ1) is 18.8. The summed E-state index contributed by atoms with van der Waals surface area (Å²) in [6.07, 6.45) is 5.94. The lowest BCUT2D eigenvalue weighted by Gasteiger charge is -2.35. The second-order valence-corrected chi connectivity index (χ2v) is 7.33. The standard InChI is InChI=1S/C20H28FN3O2/c21-18-9-5-4-6-16(18)14-20(26)24-12-10-23(11-13-24)15-19(25)22-17-7-2-1-3-8-17/h4-6,9,17H,1-3,7-8,10-15H2,(H,22,25). The average molecular weight is 361 g/mol. The maximum Gasteiger partial charge on any atom is 0.234 e. The Balaban J connectivity index is 1.40. The molecule has 142 valence electrons. The number of amides is 2. The first-order valence-corrected chi connectivity index (χ1v) is 9.65. The Labute approximate surface area is 154 Å². The number of benzene rings is 1. The van der Waals surface area contributed by atoms with Gasteiger partial charge in [-0.3, -0.25) is 14.5 Å². The van der Waals surface area contributed by atoms with Gasteiger partial charge in [-0.2, -0.15) is 0 Å². The molecule has 2 amide bonds. The van der Waals surface area contributed by atoms with Crippen LogP contribution in [0.25, 0.3) is 0 Å². The van der Waals surface area contributed by atoms with Gasteiger partial charge in [-0.05, 0) is 24.5 Å². The van der Waals surface area contributed by atoms with Gasteiger partial charge in [0.1, 0.15) is 5.82 Å². The Morgan fingerprint density at radius 2 is 1.73 bits per heavy atom. The molecule has 0 aromatic heterocycles. The number of halogens is 1. The SMILES string of the molecule is O=C(CN1CCN(C(=O)Cc2ccccc2F)CC1)NC1CCCCC1. The molecule has 1 saturated heterocycles. The number of hydrogen-bond acceptors (Lipinski definition) is 3. The lowest BCUT2D eigenvalue weighted by atomic mass is 9.95. The van der Waals surface area contributed by atoms with Crippen LogP contribution in [0.1, 0.15) is 37.7 Å². The van der Waals surface area contributed by atoms with Gasteiger partial charge in [0.05, 0.1) is 13.0 Å². The first-order valence-electron chi connectivity index (χ1n) is 9.65. The minimum atomic E-state index is -0.334. The topological polar surface area (TPSA) is 52.7 Å². The van der Waals surface area contributed by atoms with Crippen molar-refractivity contribution in [3.8, 4) is 0 Å². The molecule has 1 heterocycles. The van der Waals surface area contributed by atoms with E-state index in [9.17, 15) is 14.0 Å². The van der Waals surface area contributed by atoms with Crippen LogP contribution in [-0.4, -0.2) is 60.4 Å². The fourth-order valence-electron chi connectivity index (χ4n) is 3.80. The van der Waals surface area contributed by atoms with E-state index in [1.807, 2.05) is 0 Å². The molecule has 26 heavy (non-hydrogen) atoms. The van der Waals surface area contributed by atoms with Crippen molar-refractivity contribution in [1.29, 1.82) is 0 Å². The summed E-state index contributed by atoms with van der Waals surface area (Å²) >= 11 is 0. The van der Waals surface area contributed by atoms with E-state index < -0.39 is 0 Å². The first-order chi connectivity index (χ1) is 12.6. The molecular weight excluding hydrogens is 333 g/mol. The lowest BCUT2D eigenvalue weighted by Crippen LogP contribution is -2.52. The predicted molar refractivity (Wildman–Crippen MR) is 98.1 cm³/mol. The smallest absolute Gasteiger partial charge is 0.234 e. The van der Waals surface area contributed by atoms with Crippen LogP contribution in [0.5, 0.6) is 0 Å². The second-order valence-electron chi connectivity index (χ2n) is 7.33. The van der Waals surface area contributed by atoms with Crippen molar-refractivity contribution in [3.05, 3.63) is 35.6 Å². The minimum Gasteiger partial charge on any atom is -0.352 e. The van der Waals surface area contributed by atoms with Crippen LogP contribution in [0.15, 0.2) is 24.3 Å². The Morgan fingerprint density at radius 3 is 2.42 bits per heavy atom. The van der Waals surface area contributed by atoms with Crippen LogP contribution in [0, 0.1) is 5.82 Å². The van der Waals surface area contributed by atoms with Crippen molar-refractivity contribution in [2.24, 2.45) is 0 Å². The van der Waals surface area contributed by atoms with E-state index in [0.717, 1.165) is 12.8 Å². The number of nitrogens with zero attached hydrogens (tertiary/aromatic N) is 2. The highest BCUT2D eigenvalue weighted by Gasteiger charge is 2.24. The van der Waals surface area contributed by atoms with Gasteiger partial charge in [0.25, 0.3) is 0 Å². The van der Waals surface area contributed by atoms with Crippen molar-refractivity contribution >= 4 is 11.8 Å². The summed E-state index contributed by atoms with van der Waals surface area (Å²) in [5.74, 6) is -0.302. The molecule has 1 N–H and O–H groups in total. The highest BCUT2D eigenvalue weighted by molar-refractivity contribution is 5.79. The van der Waals surface area contributed by atoms with E-state index in [1.165, 1.54) is 25.3 Å². The van der Waals surface area contributed by atoms with E-state index in [0.29, 0.717) is 44.3 Å². The van der Waals surface area contributed by atoms with Crippen molar-refractivity contribution in [1.82, 2.24) is 15.1 Å². The zero-order valence-corrected chi connectivity index (χ0v) is 15.3. The zero-order chi connectivity index (χ0) is 18.4. The average Bonchev–Trinajstić information content (AvgIpc) is 2.65. The Kier molecular flexibility index (Phi) is 6.61. The van der Waals surface area contributed by atoms with E-state index in [4.69, 9.17) is 0 Å². The van der Waals surface area contributed by atoms with Gasteiger partial charge < -0.3 is 10.2 Å². The molecule has 0 bridgehead atoms. The normalized spacial score (nSPS) is 19.3. The molecule has 1 aromatic carbocycles. The summed E-state index contributed by atoms with van der Waals surface area (Å²) in [7, 11) is 0. The zero-order valence-electron chi connectivity index (χ0n) is 15.3. The fraction of sp³-hybridized carbons (Fsp3) is 0.600. The van der Waals surface area contributed by atoms with Crippen molar-refractivity contribution < 1.29 is 14.0 Å². The van der Waals surface area contributed by atoms with Gasteiger partial charge in [-0.25, -0.2) is 4.39 Å². The summed E-state index contributed by atoms with van der Waals surface area (Å²) in [5, 5.41) is 3.14. The largest absolute Gasteiger partial charge is 0.352 e. The summed E-state index contributed by atoms with van der Waals surface area (Å²) in [4.78, 5) is 28.4. The molecule has 5 nitrogen and oxygen atoms in total. The van der Waals surface area contributed by atoms with E-state index in [-0.39, 0.29) is 24.1 Å². The number of carbonyl (C=O) groups is 2. The molecule has 0 unspecified atom stereocenters. The van der Waals surface area contributed by atoms with Gasteiger partial charge in [-0.1, -0.05) is 37.5 Å². The molecule has 0 spiro atoms. The third kappa shape index (κ3) is 5.27. The highest BCUT2D eigenvalue weighted by atomic mass is 19.1. The van der Waals surface area contributed by atoms with Crippen LogP contribution in [0.4, 0.5) is 4.39 Å².